The summed E-state index contributed by atoms with van der Waals surface area (Å²) in [6.45, 7) is 1.90. The summed E-state index contributed by atoms with van der Waals surface area (Å²) in [5.74, 6) is 7.80. The number of esters is 1. The van der Waals surface area contributed by atoms with Gasteiger partial charge in [0.1, 0.15) is 0 Å². The fourth-order valence-corrected chi connectivity index (χ4v) is 0.957. The van der Waals surface area contributed by atoms with Gasteiger partial charge in [0.15, 0.2) is 0 Å². The largest absolute Gasteiger partial charge is 0.456 e. The number of carbonyl (C=O) groups excluding carboxylic acids is 2. The van der Waals surface area contributed by atoms with Crippen molar-refractivity contribution in [3.8, 4) is 23.7 Å². The fraction of sp³-hybridized carbons (Fsp3) is 0.143. The van der Waals surface area contributed by atoms with Gasteiger partial charge < -0.3 is 4.74 Å². The molecular weight excluding hydrogens is 216 g/mol. The molecule has 0 unspecified atom stereocenters. The van der Waals surface area contributed by atoms with Crippen LogP contribution in [-0.4, -0.2) is 18.4 Å². The number of hydrogen-bond donors (Lipinski definition) is 0. The van der Waals surface area contributed by atoms with E-state index in [1.807, 2.05) is 18.2 Å². The topological polar surface area (TPSA) is 43.4 Å². The quantitative estimate of drug-likeness (QED) is 0.312. The first-order chi connectivity index (χ1) is 8.22. The third-order valence-corrected chi connectivity index (χ3v) is 1.65. The van der Waals surface area contributed by atoms with Gasteiger partial charge >= 0.3 is 5.97 Å². The van der Waals surface area contributed by atoms with Crippen molar-refractivity contribution in [1.29, 1.82) is 0 Å². The maximum absolute atomic E-state index is 11.2. The number of ketones is 1. The van der Waals surface area contributed by atoms with Crippen LogP contribution in [0, 0.1) is 23.7 Å². The second-order valence-corrected chi connectivity index (χ2v) is 2.92. The Balaban J connectivity index is 2.62. The molecule has 0 spiro atoms. The molecule has 3 nitrogen and oxygen atoms in total. The molecule has 17 heavy (non-hydrogen) atoms. The van der Waals surface area contributed by atoms with Gasteiger partial charge in [-0.1, -0.05) is 24.1 Å². The normalized spacial score (nSPS) is 8.06. The van der Waals surface area contributed by atoms with Crippen molar-refractivity contribution in [1.82, 2.24) is 0 Å². The molecule has 0 aliphatic heterocycles. The van der Waals surface area contributed by atoms with Gasteiger partial charge in [0, 0.05) is 11.5 Å². The number of Topliss-reactive ketones (excluding diaryl/α,β-unsaturated/α-hetero) is 1. The lowest BCUT2D eigenvalue weighted by Gasteiger charge is -1.89. The van der Waals surface area contributed by atoms with Crippen LogP contribution in [0.3, 0.4) is 0 Å². The SMILES string of the molecule is CCOC(=O)C#CC(=O)C#Cc1ccccc1. The Kier molecular flexibility index (Phi) is 5.07. The summed E-state index contributed by atoms with van der Waals surface area (Å²) >= 11 is 0. The number of carbonyl (C=O) groups is 2. The van der Waals surface area contributed by atoms with Gasteiger partial charge in [-0.3, -0.25) is 4.79 Å². The average molecular weight is 226 g/mol. The predicted molar refractivity (Wildman–Crippen MR) is 62.7 cm³/mol. The molecule has 0 fully saturated rings. The molecule has 1 rings (SSSR count). The highest BCUT2D eigenvalue weighted by atomic mass is 16.5. The first kappa shape index (κ1) is 12.5. The standard InChI is InChI=1S/C14H10O3/c1-2-17-14(16)11-10-13(15)9-8-12-6-4-3-5-7-12/h3-7H,2H2,1H3. The third kappa shape index (κ3) is 5.20. The van der Waals surface area contributed by atoms with E-state index in [2.05, 4.69) is 28.4 Å². The van der Waals surface area contributed by atoms with E-state index in [1.54, 1.807) is 19.1 Å². The second-order valence-electron chi connectivity index (χ2n) is 2.92. The van der Waals surface area contributed by atoms with Gasteiger partial charge in [-0.15, -0.1) is 0 Å². The molecule has 0 saturated heterocycles. The lowest BCUT2D eigenvalue weighted by atomic mass is 10.2. The van der Waals surface area contributed by atoms with E-state index in [-0.39, 0.29) is 6.61 Å². The van der Waals surface area contributed by atoms with Crippen molar-refractivity contribution in [2.24, 2.45) is 0 Å². The van der Waals surface area contributed by atoms with Crippen LogP contribution in [0.5, 0.6) is 0 Å². The zero-order valence-corrected chi connectivity index (χ0v) is 9.32. The molecule has 0 atom stereocenters. The molecule has 0 aliphatic rings. The molecule has 3 heteroatoms. The zero-order valence-electron chi connectivity index (χ0n) is 9.32. The summed E-state index contributed by atoms with van der Waals surface area (Å²) in [6, 6.07) is 9.04. The molecular formula is C14H10O3. The van der Waals surface area contributed by atoms with E-state index in [0.717, 1.165) is 5.56 Å². The highest BCUT2D eigenvalue weighted by Crippen LogP contribution is 1.94. The van der Waals surface area contributed by atoms with E-state index in [0.29, 0.717) is 0 Å². The van der Waals surface area contributed by atoms with E-state index in [4.69, 9.17) is 0 Å². The van der Waals surface area contributed by atoms with E-state index in [1.165, 1.54) is 0 Å². The Morgan fingerprint density at radius 1 is 1.12 bits per heavy atom. The summed E-state index contributed by atoms with van der Waals surface area (Å²) < 4.78 is 4.54. The van der Waals surface area contributed by atoms with Crippen molar-refractivity contribution < 1.29 is 14.3 Å². The number of hydrogen-bond acceptors (Lipinski definition) is 3. The number of rotatable bonds is 1. The molecule has 84 valence electrons. The van der Waals surface area contributed by atoms with Crippen LogP contribution in [0.25, 0.3) is 0 Å². The Hall–Kier alpha value is -2.52. The first-order valence-electron chi connectivity index (χ1n) is 5.02. The van der Waals surface area contributed by atoms with Crippen LogP contribution in [0.15, 0.2) is 30.3 Å². The molecule has 0 aromatic heterocycles. The van der Waals surface area contributed by atoms with Crippen LogP contribution in [0.2, 0.25) is 0 Å². The fourth-order valence-electron chi connectivity index (χ4n) is 0.957. The maximum atomic E-state index is 11.2. The second kappa shape index (κ2) is 6.87. The first-order valence-corrected chi connectivity index (χ1v) is 5.02. The Bertz CT molecular complexity index is 521. The van der Waals surface area contributed by atoms with Gasteiger partial charge in [0.25, 0.3) is 5.78 Å². The Morgan fingerprint density at radius 2 is 1.82 bits per heavy atom. The number of benzene rings is 1. The van der Waals surface area contributed by atoms with Gasteiger partial charge in [-0.05, 0) is 30.9 Å². The molecule has 0 heterocycles. The smallest absolute Gasteiger partial charge is 0.384 e. The molecule has 1 aromatic rings. The minimum absolute atomic E-state index is 0.234. The third-order valence-electron chi connectivity index (χ3n) is 1.65. The highest BCUT2D eigenvalue weighted by molar-refractivity contribution is 6.11. The Morgan fingerprint density at radius 3 is 2.47 bits per heavy atom. The summed E-state index contributed by atoms with van der Waals surface area (Å²) in [4.78, 5) is 22.0. The van der Waals surface area contributed by atoms with Gasteiger partial charge in [-0.2, -0.15) is 0 Å². The molecule has 0 amide bonds. The van der Waals surface area contributed by atoms with E-state index >= 15 is 0 Å². The zero-order chi connectivity index (χ0) is 12.5. The van der Waals surface area contributed by atoms with Gasteiger partial charge in [0.05, 0.1) is 6.61 Å². The van der Waals surface area contributed by atoms with Crippen LogP contribution in [0.4, 0.5) is 0 Å². The Labute approximate surface area is 99.8 Å². The number of ether oxygens (including phenoxy) is 1. The average Bonchev–Trinajstić information content (AvgIpc) is 2.35. The molecule has 0 aliphatic carbocycles. The lowest BCUT2D eigenvalue weighted by molar-refractivity contribution is -0.136. The predicted octanol–water partition coefficient (Wildman–Crippen LogP) is 1.17. The van der Waals surface area contributed by atoms with Crippen LogP contribution in [-0.2, 0) is 14.3 Å². The van der Waals surface area contributed by atoms with Crippen molar-refractivity contribution >= 4 is 11.8 Å². The highest BCUT2D eigenvalue weighted by Gasteiger charge is 1.94. The summed E-state index contributed by atoms with van der Waals surface area (Å²) in [7, 11) is 0. The lowest BCUT2D eigenvalue weighted by Crippen LogP contribution is -2.00. The maximum Gasteiger partial charge on any atom is 0.384 e. The van der Waals surface area contributed by atoms with E-state index in [9.17, 15) is 9.59 Å². The van der Waals surface area contributed by atoms with Crippen molar-refractivity contribution in [3.05, 3.63) is 35.9 Å². The van der Waals surface area contributed by atoms with E-state index < -0.39 is 11.8 Å². The minimum Gasteiger partial charge on any atom is -0.456 e. The van der Waals surface area contributed by atoms with Gasteiger partial charge in [0.2, 0.25) is 0 Å². The van der Waals surface area contributed by atoms with Crippen molar-refractivity contribution in [2.45, 2.75) is 6.92 Å². The van der Waals surface area contributed by atoms with Crippen molar-refractivity contribution in [3.63, 3.8) is 0 Å². The van der Waals surface area contributed by atoms with Crippen molar-refractivity contribution in [2.75, 3.05) is 6.61 Å². The molecule has 0 bridgehead atoms. The van der Waals surface area contributed by atoms with Gasteiger partial charge in [-0.25, -0.2) is 4.79 Å². The van der Waals surface area contributed by atoms with Crippen LogP contribution in [0.1, 0.15) is 12.5 Å². The molecule has 0 saturated carbocycles. The van der Waals surface area contributed by atoms with Crippen LogP contribution >= 0.6 is 0 Å². The monoisotopic (exact) mass is 226 g/mol. The molecule has 1 aromatic carbocycles. The summed E-state index contributed by atoms with van der Waals surface area (Å²) in [5.41, 5.74) is 0.721. The summed E-state index contributed by atoms with van der Waals surface area (Å²) in [6.07, 6.45) is 0. The minimum atomic E-state index is -0.720. The molecule has 0 radical (unpaired) electrons. The van der Waals surface area contributed by atoms with Crippen LogP contribution < -0.4 is 0 Å². The molecule has 0 N–H and O–H groups in total. The summed E-state index contributed by atoms with van der Waals surface area (Å²) in [5, 5.41) is 0.